The van der Waals surface area contributed by atoms with Gasteiger partial charge >= 0.3 is 0 Å². The molecule has 3 rings (SSSR count). The molecule has 1 fully saturated rings. The second-order valence-corrected chi connectivity index (χ2v) is 7.05. The predicted molar refractivity (Wildman–Crippen MR) is 77.2 cm³/mol. The second-order valence-electron chi connectivity index (χ2n) is 4.89. The van der Waals surface area contributed by atoms with Gasteiger partial charge in [0.2, 0.25) is 0 Å². The molecule has 4 heteroatoms. The summed E-state index contributed by atoms with van der Waals surface area (Å²) in [6, 6.07) is 18.2. The molecule has 2 aromatic rings. The van der Waals surface area contributed by atoms with Crippen molar-refractivity contribution in [1.29, 1.82) is 0 Å². The van der Waals surface area contributed by atoms with Crippen LogP contribution in [0.4, 0.5) is 0 Å². The van der Waals surface area contributed by atoms with Crippen molar-refractivity contribution >= 4 is 9.84 Å². The monoisotopic (exact) mass is 288 g/mol. The summed E-state index contributed by atoms with van der Waals surface area (Å²) < 4.78 is 31.2. The van der Waals surface area contributed by atoms with E-state index in [-0.39, 0.29) is 6.10 Å². The van der Waals surface area contributed by atoms with Crippen LogP contribution in [-0.4, -0.2) is 20.3 Å². The van der Waals surface area contributed by atoms with Gasteiger partial charge in [0.05, 0.1) is 16.2 Å². The summed E-state index contributed by atoms with van der Waals surface area (Å²) in [7, 11) is -3.36. The lowest BCUT2D eigenvalue weighted by atomic mass is 10.1. The van der Waals surface area contributed by atoms with Gasteiger partial charge in [-0.05, 0) is 24.1 Å². The van der Waals surface area contributed by atoms with Crippen LogP contribution in [-0.2, 0) is 14.6 Å². The van der Waals surface area contributed by atoms with Gasteiger partial charge in [-0.1, -0.05) is 48.5 Å². The van der Waals surface area contributed by atoms with Crippen molar-refractivity contribution in [2.45, 2.75) is 22.7 Å². The van der Waals surface area contributed by atoms with Crippen LogP contribution in [0.2, 0.25) is 0 Å². The van der Waals surface area contributed by atoms with Crippen molar-refractivity contribution in [3.05, 3.63) is 66.2 Å². The number of ether oxygens (including phenoxy) is 1. The van der Waals surface area contributed by atoms with E-state index in [1.54, 1.807) is 24.3 Å². The van der Waals surface area contributed by atoms with Crippen molar-refractivity contribution in [3.63, 3.8) is 0 Å². The Hall–Kier alpha value is -1.65. The molecule has 1 heterocycles. The largest absolute Gasteiger partial charge is 0.372 e. The van der Waals surface area contributed by atoms with Crippen molar-refractivity contribution in [3.8, 4) is 0 Å². The Morgan fingerprint density at radius 3 is 2.15 bits per heavy atom. The molecule has 0 unspecified atom stereocenters. The average Bonchev–Trinajstić information content (AvgIpc) is 2.99. The minimum Gasteiger partial charge on any atom is -0.372 e. The van der Waals surface area contributed by atoms with Crippen LogP contribution >= 0.6 is 0 Å². The summed E-state index contributed by atoms with van der Waals surface area (Å²) in [5.74, 6) is 0. The molecule has 0 amide bonds. The molecule has 1 aliphatic rings. The van der Waals surface area contributed by atoms with E-state index in [0.29, 0.717) is 17.9 Å². The smallest absolute Gasteiger partial charge is 0.184 e. The first kappa shape index (κ1) is 13.3. The molecule has 0 bridgehead atoms. The van der Waals surface area contributed by atoms with E-state index < -0.39 is 15.1 Å². The van der Waals surface area contributed by atoms with Crippen molar-refractivity contribution in [2.24, 2.45) is 0 Å². The zero-order valence-corrected chi connectivity index (χ0v) is 11.8. The lowest BCUT2D eigenvalue weighted by Gasteiger charge is -2.19. The minimum absolute atomic E-state index is 0.372. The van der Waals surface area contributed by atoms with Crippen LogP contribution in [0.15, 0.2) is 65.6 Å². The van der Waals surface area contributed by atoms with Gasteiger partial charge in [0.25, 0.3) is 0 Å². The molecular formula is C16H16O3S. The van der Waals surface area contributed by atoms with Gasteiger partial charge in [0.1, 0.15) is 0 Å². The molecule has 20 heavy (non-hydrogen) atoms. The third-order valence-electron chi connectivity index (χ3n) is 3.64. The summed E-state index contributed by atoms with van der Waals surface area (Å²) >= 11 is 0. The molecule has 104 valence electrons. The number of hydrogen-bond acceptors (Lipinski definition) is 3. The molecule has 0 N–H and O–H groups in total. The SMILES string of the molecule is O=S(=O)(c1ccccc1)[C@@H]1CCO[C@H]1c1ccccc1. The van der Waals surface area contributed by atoms with Crippen molar-refractivity contribution in [1.82, 2.24) is 0 Å². The molecule has 3 nitrogen and oxygen atoms in total. The Morgan fingerprint density at radius 2 is 1.50 bits per heavy atom. The fourth-order valence-corrected chi connectivity index (χ4v) is 4.48. The second kappa shape index (κ2) is 5.38. The molecule has 0 saturated carbocycles. The van der Waals surface area contributed by atoms with E-state index in [1.165, 1.54) is 0 Å². The van der Waals surface area contributed by atoms with E-state index in [0.717, 1.165) is 5.56 Å². The van der Waals surface area contributed by atoms with E-state index in [1.807, 2.05) is 36.4 Å². The highest BCUT2D eigenvalue weighted by molar-refractivity contribution is 7.92. The Morgan fingerprint density at radius 1 is 0.900 bits per heavy atom. The summed E-state index contributed by atoms with van der Waals surface area (Å²) in [6.07, 6.45) is 0.165. The maximum Gasteiger partial charge on any atom is 0.184 e. The highest BCUT2D eigenvalue weighted by Gasteiger charge is 2.40. The quantitative estimate of drug-likeness (QED) is 0.872. The van der Waals surface area contributed by atoms with E-state index in [4.69, 9.17) is 4.74 Å². The van der Waals surface area contributed by atoms with Gasteiger partial charge in [-0.25, -0.2) is 8.42 Å². The summed E-state index contributed by atoms with van der Waals surface area (Å²) in [6.45, 7) is 0.482. The van der Waals surface area contributed by atoms with E-state index in [2.05, 4.69) is 0 Å². The molecule has 2 aromatic carbocycles. The number of rotatable bonds is 3. The van der Waals surface area contributed by atoms with E-state index in [9.17, 15) is 8.42 Å². The van der Waals surface area contributed by atoms with Gasteiger partial charge < -0.3 is 4.74 Å². The van der Waals surface area contributed by atoms with Crippen LogP contribution in [0.25, 0.3) is 0 Å². The Balaban J connectivity index is 1.97. The Labute approximate surface area is 119 Å². The van der Waals surface area contributed by atoms with Crippen LogP contribution in [0.3, 0.4) is 0 Å². The van der Waals surface area contributed by atoms with Crippen molar-refractivity contribution < 1.29 is 13.2 Å². The highest BCUT2D eigenvalue weighted by atomic mass is 32.2. The van der Waals surface area contributed by atoms with Crippen LogP contribution in [0.5, 0.6) is 0 Å². The molecule has 0 aromatic heterocycles. The zero-order chi connectivity index (χ0) is 14.0. The van der Waals surface area contributed by atoms with Crippen LogP contribution < -0.4 is 0 Å². The predicted octanol–water partition coefficient (Wildman–Crippen LogP) is 2.99. The third-order valence-corrected chi connectivity index (χ3v) is 5.85. The summed E-state index contributed by atoms with van der Waals surface area (Å²) in [5.41, 5.74) is 0.925. The molecule has 0 radical (unpaired) electrons. The number of hydrogen-bond donors (Lipinski definition) is 0. The molecule has 2 atom stereocenters. The van der Waals surface area contributed by atoms with Gasteiger partial charge in [0.15, 0.2) is 9.84 Å². The van der Waals surface area contributed by atoms with Crippen LogP contribution in [0, 0.1) is 0 Å². The molecule has 1 aliphatic heterocycles. The molecule has 0 spiro atoms. The zero-order valence-electron chi connectivity index (χ0n) is 11.0. The fourth-order valence-electron chi connectivity index (χ4n) is 2.63. The van der Waals surface area contributed by atoms with Gasteiger partial charge in [-0.2, -0.15) is 0 Å². The third kappa shape index (κ3) is 2.37. The summed E-state index contributed by atoms with van der Waals surface area (Å²) in [4.78, 5) is 0.372. The van der Waals surface area contributed by atoms with Crippen molar-refractivity contribution in [2.75, 3.05) is 6.61 Å². The minimum atomic E-state index is -3.36. The van der Waals surface area contributed by atoms with E-state index >= 15 is 0 Å². The number of sulfone groups is 1. The standard InChI is InChI=1S/C16H16O3S/c17-20(18,14-9-5-2-6-10-14)15-11-12-19-16(15)13-7-3-1-4-8-13/h1-10,15-16H,11-12H2/t15-,16+/m1/s1. The fraction of sp³-hybridized carbons (Fsp3) is 0.250. The molecule has 1 saturated heterocycles. The molecule has 0 aliphatic carbocycles. The van der Waals surface area contributed by atoms with Gasteiger partial charge in [-0.15, -0.1) is 0 Å². The first-order valence-electron chi connectivity index (χ1n) is 6.65. The maximum absolute atomic E-state index is 12.7. The molecular weight excluding hydrogens is 272 g/mol. The Bertz CT molecular complexity index is 665. The maximum atomic E-state index is 12.7. The Kier molecular flexibility index (Phi) is 3.59. The average molecular weight is 288 g/mol. The topological polar surface area (TPSA) is 43.4 Å². The first-order valence-corrected chi connectivity index (χ1v) is 8.20. The highest BCUT2D eigenvalue weighted by Crippen LogP contribution is 2.36. The number of benzene rings is 2. The van der Waals surface area contributed by atoms with Gasteiger partial charge in [0, 0.05) is 6.61 Å². The first-order chi connectivity index (χ1) is 9.69. The lowest BCUT2D eigenvalue weighted by molar-refractivity contribution is 0.113. The lowest BCUT2D eigenvalue weighted by Crippen LogP contribution is -2.24. The summed E-state index contributed by atoms with van der Waals surface area (Å²) in [5, 5.41) is -0.507. The van der Waals surface area contributed by atoms with Gasteiger partial charge in [-0.3, -0.25) is 0 Å². The normalized spacial score (nSPS) is 22.8. The van der Waals surface area contributed by atoms with Crippen LogP contribution in [0.1, 0.15) is 18.1 Å².